The minimum absolute atomic E-state index is 0. The molecule has 0 unspecified atom stereocenters. The Labute approximate surface area is 178 Å². The molecule has 0 radical (unpaired) electrons. The molecule has 0 amide bonds. The number of aliphatic imine (C=N–C) groups is 1. The lowest BCUT2D eigenvalue weighted by molar-refractivity contribution is 0.296. The predicted molar refractivity (Wildman–Crippen MR) is 118 cm³/mol. The number of aryl methyl sites for hydroxylation is 1. The van der Waals surface area contributed by atoms with Crippen molar-refractivity contribution >= 4 is 29.9 Å². The third kappa shape index (κ3) is 6.67. The lowest BCUT2D eigenvalue weighted by Crippen LogP contribution is -2.38. The number of guanidine groups is 1. The maximum absolute atomic E-state index is 5.97. The summed E-state index contributed by atoms with van der Waals surface area (Å²) in [5.74, 6) is 3.47. The fourth-order valence-electron chi connectivity index (χ4n) is 2.72. The molecule has 0 spiro atoms. The van der Waals surface area contributed by atoms with Crippen LogP contribution in [0.25, 0.3) is 0 Å². The molecular formula is C19H29IN6O. The van der Waals surface area contributed by atoms with Crippen molar-refractivity contribution < 1.29 is 4.74 Å². The molecule has 1 saturated carbocycles. The van der Waals surface area contributed by atoms with Crippen LogP contribution in [0.5, 0.6) is 5.75 Å². The van der Waals surface area contributed by atoms with E-state index in [9.17, 15) is 0 Å². The number of halogens is 1. The van der Waals surface area contributed by atoms with Gasteiger partial charge in [0.15, 0.2) is 5.96 Å². The molecule has 1 fully saturated rings. The number of aromatic nitrogens is 3. The first-order chi connectivity index (χ1) is 12.8. The second-order valence-corrected chi connectivity index (χ2v) is 6.51. The van der Waals surface area contributed by atoms with Crippen molar-refractivity contribution in [3.8, 4) is 5.75 Å². The van der Waals surface area contributed by atoms with E-state index in [2.05, 4.69) is 43.4 Å². The summed E-state index contributed by atoms with van der Waals surface area (Å²) in [6.45, 7) is 5.13. The van der Waals surface area contributed by atoms with Crippen LogP contribution in [0.3, 0.4) is 0 Å². The minimum atomic E-state index is 0. The van der Waals surface area contributed by atoms with Crippen LogP contribution in [-0.4, -0.2) is 40.9 Å². The lowest BCUT2D eigenvalue weighted by Gasteiger charge is -2.15. The number of nitrogens with zero attached hydrogens (tertiary/aromatic N) is 4. The Bertz CT molecular complexity index is 728. The van der Waals surface area contributed by atoms with Crippen molar-refractivity contribution in [2.24, 2.45) is 10.9 Å². The van der Waals surface area contributed by atoms with Gasteiger partial charge in [-0.05, 0) is 24.8 Å². The van der Waals surface area contributed by atoms with E-state index in [0.29, 0.717) is 6.54 Å². The first kappa shape index (κ1) is 21.5. The van der Waals surface area contributed by atoms with Crippen LogP contribution in [-0.2, 0) is 19.5 Å². The summed E-state index contributed by atoms with van der Waals surface area (Å²) in [6, 6.07) is 8.18. The van der Waals surface area contributed by atoms with Crippen LogP contribution >= 0.6 is 24.0 Å². The molecule has 1 aliphatic rings. The highest BCUT2D eigenvalue weighted by Crippen LogP contribution is 2.30. The van der Waals surface area contributed by atoms with Gasteiger partial charge in [0.25, 0.3) is 0 Å². The van der Waals surface area contributed by atoms with E-state index in [4.69, 9.17) is 4.74 Å². The number of rotatable bonds is 9. The normalized spacial score (nSPS) is 13.8. The van der Waals surface area contributed by atoms with E-state index < -0.39 is 0 Å². The van der Waals surface area contributed by atoms with Gasteiger partial charge >= 0.3 is 0 Å². The van der Waals surface area contributed by atoms with Crippen molar-refractivity contribution in [3.63, 3.8) is 0 Å². The summed E-state index contributed by atoms with van der Waals surface area (Å²) in [4.78, 5) is 4.29. The third-order valence-electron chi connectivity index (χ3n) is 4.47. The van der Waals surface area contributed by atoms with Gasteiger partial charge < -0.3 is 19.9 Å². The van der Waals surface area contributed by atoms with Crippen LogP contribution in [0.1, 0.15) is 31.2 Å². The molecule has 2 aromatic rings. The first-order valence-corrected chi connectivity index (χ1v) is 9.32. The molecule has 0 atom stereocenters. The largest absolute Gasteiger partial charge is 0.493 e. The summed E-state index contributed by atoms with van der Waals surface area (Å²) in [5.41, 5.74) is 1.14. The van der Waals surface area contributed by atoms with Gasteiger partial charge in [-0.2, -0.15) is 0 Å². The molecule has 0 aliphatic heterocycles. The monoisotopic (exact) mass is 484 g/mol. The highest BCUT2D eigenvalue weighted by atomic mass is 127. The number of hydrogen-bond donors (Lipinski definition) is 2. The van der Waals surface area contributed by atoms with Gasteiger partial charge in [-0.15, -0.1) is 34.2 Å². The molecule has 1 aromatic heterocycles. The van der Waals surface area contributed by atoms with E-state index in [0.717, 1.165) is 55.1 Å². The van der Waals surface area contributed by atoms with E-state index in [1.165, 1.54) is 12.8 Å². The van der Waals surface area contributed by atoms with Crippen molar-refractivity contribution in [2.75, 3.05) is 20.2 Å². The van der Waals surface area contributed by atoms with Gasteiger partial charge in [0.1, 0.15) is 17.9 Å². The topological polar surface area (TPSA) is 76.4 Å². The quantitative estimate of drug-likeness (QED) is 0.325. The molecule has 1 aliphatic carbocycles. The maximum Gasteiger partial charge on any atom is 0.191 e. The minimum Gasteiger partial charge on any atom is -0.493 e. The van der Waals surface area contributed by atoms with Crippen LogP contribution in [0.4, 0.5) is 0 Å². The second-order valence-electron chi connectivity index (χ2n) is 6.51. The number of ether oxygens (including phenoxy) is 1. The zero-order valence-electron chi connectivity index (χ0n) is 16.0. The predicted octanol–water partition coefficient (Wildman–Crippen LogP) is 2.61. The Hall–Kier alpha value is -1.84. The lowest BCUT2D eigenvalue weighted by atomic mass is 10.2. The SMILES string of the molecule is CCc1nncn1CCNC(=NC)NCc1ccccc1OCC1CC1.I. The second kappa shape index (κ2) is 11.1. The number of hydrogen-bond acceptors (Lipinski definition) is 4. The van der Waals surface area contributed by atoms with Gasteiger partial charge in [0.05, 0.1) is 6.61 Å². The highest BCUT2D eigenvalue weighted by molar-refractivity contribution is 14.0. The van der Waals surface area contributed by atoms with Crippen molar-refractivity contribution in [3.05, 3.63) is 42.0 Å². The molecule has 2 N–H and O–H groups in total. The average Bonchev–Trinajstić information content (AvgIpc) is 3.40. The number of para-hydroxylation sites is 1. The fourth-order valence-corrected chi connectivity index (χ4v) is 2.72. The fraction of sp³-hybridized carbons (Fsp3) is 0.526. The Morgan fingerprint density at radius 2 is 2.11 bits per heavy atom. The summed E-state index contributed by atoms with van der Waals surface area (Å²) < 4.78 is 8.02. The third-order valence-corrected chi connectivity index (χ3v) is 4.47. The molecule has 0 saturated heterocycles. The summed E-state index contributed by atoms with van der Waals surface area (Å²) in [5, 5.41) is 14.7. The Kier molecular flexibility index (Phi) is 8.83. The first-order valence-electron chi connectivity index (χ1n) is 9.32. The van der Waals surface area contributed by atoms with Gasteiger partial charge in [-0.1, -0.05) is 25.1 Å². The standard InChI is InChI=1S/C19H28N6O.HI/c1-3-18-24-23-14-25(18)11-10-21-19(20-2)22-12-16-6-4-5-7-17(16)26-13-15-8-9-15;/h4-7,14-15H,3,8-13H2,1-2H3,(H2,20,21,22);1H. The van der Waals surface area contributed by atoms with Crippen LogP contribution in [0.2, 0.25) is 0 Å². The maximum atomic E-state index is 5.97. The molecule has 148 valence electrons. The molecule has 3 rings (SSSR count). The molecular weight excluding hydrogens is 455 g/mol. The average molecular weight is 484 g/mol. The van der Waals surface area contributed by atoms with Crippen molar-refractivity contribution in [2.45, 2.75) is 39.3 Å². The smallest absolute Gasteiger partial charge is 0.191 e. The molecule has 1 heterocycles. The summed E-state index contributed by atoms with van der Waals surface area (Å²) >= 11 is 0. The number of benzene rings is 1. The molecule has 1 aromatic carbocycles. The van der Waals surface area contributed by atoms with E-state index >= 15 is 0 Å². The van der Waals surface area contributed by atoms with Crippen LogP contribution < -0.4 is 15.4 Å². The summed E-state index contributed by atoms with van der Waals surface area (Å²) in [6.07, 6.45) is 5.24. The van der Waals surface area contributed by atoms with E-state index in [-0.39, 0.29) is 24.0 Å². The Morgan fingerprint density at radius 3 is 2.85 bits per heavy atom. The molecule has 0 bridgehead atoms. The molecule has 7 nitrogen and oxygen atoms in total. The van der Waals surface area contributed by atoms with Gasteiger partial charge in [-0.3, -0.25) is 4.99 Å². The summed E-state index contributed by atoms with van der Waals surface area (Å²) in [7, 11) is 1.78. The molecule has 8 heteroatoms. The van der Waals surface area contributed by atoms with Crippen molar-refractivity contribution in [1.82, 2.24) is 25.4 Å². The van der Waals surface area contributed by atoms with E-state index in [1.54, 1.807) is 13.4 Å². The van der Waals surface area contributed by atoms with Crippen LogP contribution in [0.15, 0.2) is 35.6 Å². The Morgan fingerprint density at radius 1 is 1.30 bits per heavy atom. The van der Waals surface area contributed by atoms with Gasteiger partial charge in [0, 0.05) is 38.7 Å². The zero-order chi connectivity index (χ0) is 18.2. The number of nitrogens with one attached hydrogen (secondary N) is 2. The van der Waals surface area contributed by atoms with Crippen LogP contribution in [0, 0.1) is 5.92 Å². The van der Waals surface area contributed by atoms with Gasteiger partial charge in [0.2, 0.25) is 0 Å². The van der Waals surface area contributed by atoms with E-state index in [1.807, 2.05) is 18.2 Å². The Balaban J connectivity index is 0.00000261. The van der Waals surface area contributed by atoms with Gasteiger partial charge in [-0.25, -0.2) is 0 Å². The van der Waals surface area contributed by atoms with Crippen molar-refractivity contribution in [1.29, 1.82) is 0 Å². The zero-order valence-corrected chi connectivity index (χ0v) is 18.3. The highest BCUT2D eigenvalue weighted by Gasteiger charge is 2.22. The molecule has 27 heavy (non-hydrogen) atoms.